The molecule has 0 aliphatic heterocycles. The molecule has 0 fully saturated rings. The normalized spacial score (nSPS) is 10.5. The van der Waals surface area contributed by atoms with Gasteiger partial charge in [0.05, 0.1) is 0 Å². The molecule has 2 aromatic carbocycles. The Labute approximate surface area is 111 Å². The summed E-state index contributed by atoms with van der Waals surface area (Å²) in [6.07, 6.45) is 0. The molecule has 0 amide bonds. The zero-order chi connectivity index (χ0) is 13.8. The SMILES string of the molecule is CCN(Cc1ccccc1)c1c(F)cc(N)cc1F. The van der Waals surface area contributed by atoms with Gasteiger partial charge in [-0.15, -0.1) is 0 Å². The zero-order valence-electron chi connectivity index (χ0n) is 10.7. The van der Waals surface area contributed by atoms with Crippen LogP contribution in [0.4, 0.5) is 20.2 Å². The predicted molar refractivity (Wildman–Crippen MR) is 73.9 cm³/mol. The molecule has 0 heterocycles. The van der Waals surface area contributed by atoms with Crippen molar-refractivity contribution in [2.24, 2.45) is 0 Å². The van der Waals surface area contributed by atoms with Gasteiger partial charge in [-0.25, -0.2) is 8.78 Å². The van der Waals surface area contributed by atoms with Crippen molar-refractivity contribution < 1.29 is 8.78 Å². The average Bonchev–Trinajstić information content (AvgIpc) is 2.37. The van der Waals surface area contributed by atoms with Crippen LogP contribution in [0.15, 0.2) is 42.5 Å². The first-order valence-corrected chi connectivity index (χ1v) is 6.15. The summed E-state index contributed by atoms with van der Waals surface area (Å²) in [5.41, 5.74) is 6.49. The van der Waals surface area contributed by atoms with E-state index >= 15 is 0 Å². The highest BCUT2D eigenvalue weighted by atomic mass is 19.1. The second-order valence-electron chi connectivity index (χ2n) is 4.33. The van der Waals surface area contributed by atoms with Crippen molar-refractivity contribution in [3.63, 3.8) is 0 Å². The van der Waals surface area contributed by atoms with E-state index in [1.54, 1.807) is 4.90 Å². The standard InChI is InChI=1S/C15H16F2N2/c1-2-19(10-11-6-4-3-5-7-11)15-13(16)8-12(18)9-14(15)17/h3-9H,2,10,18H2,1H3. The monoisotopic (exact) mass is 262 g/mol. The lowest BCUT2D eigenvalue weighted by Gasteiger charge is -2.24. The van der Waals surface area contributed by atoms with Crippen molar-refractivity contribution in [3.8, 4) is 0 Å². The van der Waals surface area contributed by atoms with Crippen molar-refractivity contribution in [2.45, 2.75) is 13.5 Å². The van der Waals surface area contributed by atoms with Crippen molar-refractivity contribution in [2.75, 3.05) is 17.2 Å². The molecule has 0 unspecified atom stereocenters. The predicted octanol–water partition coefficient (Wildman–Crippen LogP) is 3.57. The van der Waals surface area contributed by atoms with E-state index in [-0.39, 0.29) is 11.4 Å². The van der Waals surface area contributed by atoms with E-state index in [9.17, 15) is 8.78 Å². The molecule has 4 heteroatoms. The third-order valence-corrected chi connectivity index (χ3v) is 2.95. The van der Waals surface area contributed by atoms with Crippen LogP contribution in [0.25, 0.3) is 0 Å². The Morgan fingerprint density at radius 2 is 1.63 bits per heavy atom. The summed E-state index contributed by atoms with van der Waals surface area (Å²) >= 11 is 0. The van der Waals surface area contributed by atoms with Crippen molar-refractivity contribution in [3.05, 3.63) is 59.7 Å². The molecular weight excluding hydrogens is 246 g/mol. The summed E-state index contributed by atoms with van der Waals surface area (Å²) in [5.74, 6) is -1.26. The Balaban J connectivity index is 2.32. The minimum atomic E-state index is -0.629. The van der Waals surface area contributed by atoms with Gasteiger partial charge >= 0.3 is 0 Å². The Kier molecular flexibility index (Phi) is 4.00. The molecule has 19 heavy (non-hydrogen) atoms. The van der Waals surface area contributed by atoms with Gasteiger partial charge in [0.15, 0.2) is 11.6 Å². The lowest BCUT2D eigenvalue weighted by molar-refractivity contribution is 0.572. The Bertz CT molecular complexity index is 532. The summed E-state index contributed by atoms with van der Waals surface area (Å²) in [5, 5.41) is 0. The topological polar surface area (TPSA) is 29.3 Å². The molecule has 0 spiro atoms. The fraction of sp³-hybridized carbons (Fsp3) is 0.200. The first kappa shape index (κ1) is 13.3. The van der Waals surface area contributed by atoms with Crippen LogP contribution in [0, 0.1) is 11.6 Å². The van der Waals surface area contributed by atoms with Gasteiger partial charge in [-0.2, -0.15) is 0 Å². The molecular formula is C15H16F2N2. The van der Waals surface area contributed by atoms with Crippen LogP contribution in [0.3, 0.4) is 0 Å². The van der Waals surface area contributed by atoms with Crippen LogP contribution in [0.5, 0.6) is 0 Å². The lowest BCUT2D eigenvalue weighted by Crippen LogP contribution is -2.24. The van der Waals surface area contributed by atoms with Gasteiger partial charge in [0.25, 0.3) is 0 Å². The molecule has 0 saturated heterocycles. The van der Waals surface area contributed by atoms with E-state index in [0.717, 1.165) is 17.7 Å². The van der Waals surface area contributed by atoms with Gasteiger partial charge in [-0.1, -0.05) is 30.3 Å². The molecule has 0 atom stereocenters. The number of halogens is 2. The second kappa shape index (κ2) is 5.69. The van der Waals surface area contributed by atoms with Gasteiger partial charge in [0, 0.05) is 18.8 Å². The first-order valence-electron chi connectivity index (χ1n) is 6.15. The highest BCUT2D eigenvalue weighted by Gasteiger charge is 2.16. The molecule has 0 saturated carbocycles. The molecule has 2 aromatic rings. The van der Waals surface area contributed by atoms with Gasteiger partial charge in [0.2, 0.25) is 0 Å². The van der Waals surface area contributed by atoms with Crippen LogP contribution < -0.4 is 10.6 Å². The Morgan fingerprint density at radius 1 is 1.05 bits per heavy atom. The third kappa shape index (κ3) is 3.02. The summed E-state index contributed by atoms with van der Waals surface area (Å²) in [6, 6.07) is 11.9. The molecule has 100 valence electrons. The molecule has 0 aromatic heterocycles. The summed E-state index contributed by atoms with van der Waals surface area (Å²) in [7, 11) is 0. The van der Waals surface area contributed by atoms with Gasteiger partial charge in [-0.05, 0) is 24.6 Å². The van der Waals surface area contributed by atoms with E-state index < -0.39 is 11.6 Å². The fourth-order valence-electron chi connectivity index (χ4n) is 2.04. The number of benzene rings is 2. The maximum Gasteiger partial charge on any atom is 0.151 e. The Hall–Kier alpha value is -2.10. The number of rotatable bonds is 4. The second-order valence-corrected chi connectivity index (χ2v) is 4.33. The minimum absolute atomic E-state index is 0.0273. The van der Waals surface area contributed by atoms with Crippen LogP contribution >= 0.6 is 0 Å². The van der Waals surface area contributed by atoms with Crippen LogP contribution in [-0.2, 0) is 6.54 Å². The summed E-state index contributed by atoms with van der Waals surface area (Å²) in [4.78, 5) is 1.65. The summed E-state index contributed by atoms with van der Waals surface area (Å²) in [6.45, 7) is 2.82. The number of nitrogens with zero attached hydrogens (tertiary/aromatic N) is 1. The van der Waals surface area contributed by atoms with E-state index in [2.05, 4.69) is 0 Å². The zero-order valence-corrected chi connectivity index (χ0v) is 10.7. The number of nitrogens with two attached hydrogens (primary N) is 1. The number of nitrogen functional groups attached to an aromatic ring is 1. The molecule has 0 bridgehead atoms. The third-order valence-electron chi connectivity index (χ3n) is 2.95. The first-order chi connectivity index (χ1) is 9.11. The fourth-order valence-corrected chi connectivity index (χ4v) is 2.04. The van der Waals surface area contributed by atoms with Gasteiger partial charge in [-0.3, -0.25) is 0 Å². The maximum absolute atomic E-state index is 13.9. The van der Waals surface area contributed by atoms with Crippen molar-refractivity contribution in [1.82, 2.24) is 0 Å². The molecule has 0 aliphatic carbocycles. The van der Waals surface area contributed by atoms with Crippen LogP contribution in [0.2, 0.25) is 0 Å². The van der Waals surface area contributed by atoms with Crippen molar-refractivity contribution in [1.29, 1.82) is 0 Å². The number of hydrogen-bond donors (Lipinski definition) is 1. The van der Waals surface area contributed by atoms with Gasteiger partial charge in [0.1, 0.15) is 5.69 Å². The average molecular weight is 262 g/mol. The largest absolute Gasteiger partial charge is 0.399 e. The minimum Gasteiger partial charge on any atom is -0.399 e. The smallest absolute Gasteiger partial charge is 0.151 e. The van der Waals surface area contributed by atoms with Crippen LogP contribution in [0.1, 0.15) is 12.5 Å². The number of anilines is 2. The summed E-state index contributed by atoms with van der Waals surface area (Å²) < 4.78 is 27.8. The van der Waals surface area contributed by atoms with E-state index in [4.69, 9.17) is 5.73 Å². The van der Waals surface area contributed by atoms with E-state index in [1.165, 1.54) is 0 Å². The Morgan fingerprint density at radius 3 is 2.16 bits per heavy atom. The van der Waals surface area contributed by atoms with E-state index in [1.807, 2.05) is 37.3 Å². The number of hydrogen-bond acceptors (Lipinski definition) is 2. The maximum atomic E-state index is 13.9. The molecule has 0 radical (unpaired) electrons. The molecule has 2 nitrogen and oxygen atoms in total. The quantitative estimate of drug-likeness (QED) is 0.853. The molecule has 0 aliphatic rings. The van der Waals surface area contributed by atoms with Gasteiger partial charge < -0.3 is 10.6 Å². The lowest BCUT2D eigenvalue weighted by atomic mass is 10.2. The van der Waals surface area contributed by atoms with Crippen molar-refractivity contribution >= 4 is 11.4 Å². The highest BCUT2D eigenvalue weighted by molar-refractivity contribution is 5.56. The van der Waals surface area contributed by atoms with E-state index in [0.29, 0.717) is 13.1 Å². The van der Waals surface area contributed by atoms with Crippen LogP contribution in [-0.4, -0.2) is 6.54 Å². The highest BCUT2D eigenvalue weighted by Crippen LogP contribution is 2.27. The molecule has 2 rings (SSSR count). The molecule has 2 N–H and O–H groups in total.